The Morgan fingerprint density at radius 2 is 1.93 bits per heavy atom. The first-order valence-corrected chi connectivity index (χ1v) is 10.8. The molecule has 2 heterocycles. The number of thiazole rings is 1. The van der Waals surface area contributed by atoms with Crippen LogP contribution in [0.1, 0.15) is 18.9 Å². The Morgan fingerprint density at radius 3 is 2.63 bits per heavy atom. The van der Waals surface area contributed by atoms with Crippen molar-refractivity contribution < 1.29 is 9.53 Å². The van der Waals surface area contributed by atoms with Crippen molar-refractivity contribution in [1.29, 1.82) is 0 Å². The molecular weight excluding hydrogens is 398 g/mol. The van der Waals surface area contributed by atoms with Gasteiger partial charge in [-0.3, -0.25) is 9.98 Å². The van der Waals surface area contributed by atoms with Gasteiger partial charge in [-0.25, -0.2) is 4.79 Å². The summed E-state index contributed by atoms with van der Waals surface area (Å²) in [5.74, 6) is 0.828. The van der Waals surface area contributed by atoms with Crippen LogP contribution in [0.3, 0.4) is 0 Å². The van der Waals surface area contributed by atoms with Crippen molar-refractivity contribution in [2.45, 2.75) is 26.4 Å². The fourth-order valence-corrected chi connectivity index (χ4v) is 3.91. The Bertz CT molecular complexity index is 996. The van der Waals surface area contributed by atoms with E-state index in [4.69, 9.17) is 9.73 Å². The molecule has 2 N–H and O–H groups in total. The minimum absolute atomic E-state index is 0.134. The van der Waals surface area contributed by atoms with Crippen molar-refractivity contribution in [3.63, 3.8) is 0 Å². The molecule has 0 radical (unpaired) electrons. The Labute approximate surface area is 180 Å². The SMILES string of the molecule is CCNC(=O)NCCCn1c(-c2ccc(OC)cc2)cs/c1=N\Cc1ccncc1. The summed E-state index contributed by atoms with van der Waals surface area (Å²) in [6.07, 6.45) is 4.37. The van der Waals surface area contributed by atoms with E-state index < -0.39 is 0 Å². The number of amides is 2. The van der Waals surface area contributed by atoms with Gasteiger partial charge in [0.05, 0.1) is 19.3 Å². The Balaban J connectivity index is 1.80. The van der Waals surface area contributed by atoms with Crippen LogP contribution >= 0.6 is 11.3 Å². The average molecular weight is 426 g/mol. The van der Waals surface area contributed by atoms with Gasteiger partial charge in [-0.2, -0.15) is 0 Å². The molecule has 0 aliphatic heterocycles. The quantitative estimate of drug-likeness (QED) is 0.516. The molecule has 30 heavy (non-hydrogen) atoms. The minimum atomic E-state index is -0.134. The lowest BCUT2D eigenvalue weighted by Crippen LogP contribution is -2.36. The molecule has 0 aliphatic rings. The Kier molecular flexibility index (Phi) is 8.02. The second-order valence-electron chi connectivity index (χ2n) is 6.60. The largest absolute Gasteiger partial charge is 0.497 e. The van der Waals surface area contributed by atoms with Crippen LogP contribution in [0, 0.1) is 0 Å². The number of carbonyl (C=O) groups is 1. The molecule has 0 spiro atoms. The van der Waals surface area contributed by atoms with E-state index in [1.54, 1.807) is 30.8 Å². The van der Waals surface area contributed by atoms with E-state index >= 15 is 0 Å². The lowest BCUT2D eigenvalue weighted by Gasteiger charge is -2.11. The van der Waals surface area contributed by atoms with E-state index in [0.29, 0.717) is 19.6 Å². The van der Waals surface area contributed by atoms with E-state index in [-0.39, 0.29) is 6.03 Å². The number of methoxy groups -OCH3 is 1. The molecule has 0 atom stereocenters. The van der Waals surface area contributed by atoms with Crippen molar-refractivity contribution in [2.75, 3.05) is 20.2 Å². The van der Waals surface area contributed by atoms with Gasteiger partial charge >= 0.3 is 6.03 Å². The third kappa shape index (κ3) is 5.93. The van der Waals surface area contributed by atoms with Gasteiger partial charge in [0.15, 0.2) is 4.80 Å². The summed E-state index contributed by atoms with van der Waals surface area (Å²) in [6.45, 7) is 4.47. The molecule has 0 bridgehead atoms. The molecule has 0 unspecified atom stereocenters. The van der Waals surface area contributed by atoms with Crippen LogP contribution in [0.5, 0.6) is 5.75 Å². The van der Waals surface area contributed by atoms with Crippen molar-refractivity contribution in [2.24, 2.45) is 4.99 Å². The van der Waals surface area contributed by atoms with Crippen LogP contribution in [-0.2, 0) is 13.1 Å². The number of urea groups is 1. The van der Waals surface area contributed by atoms with Gasteiger partial charge in [0.2, 0.25) is 0 Å². The number of aromatic nitrogens is 2. The summed E-state index contributed by atoms with van der Waals surface area (Å²) in [4.78, 5) is 21.5. The highest BCUT2D eigenvalue weighted by Gasteiger charge is 2.09. The maximum Gasteiger partial charge on any atom is 0.314 e. The maximum absolute atomic E-state index is 11.6. The van der Waals surface area contributed by atoms with Crippen molar-refractivity contribution >= 4 is 17.4 Å². The molecule has 3 aromatic rings. The highest BCUT2D eigenvalue weighted by atomic mass is 32.1. The number of pyridine rings is 1. The lowest BCUT2D eigenvalue weighted by atomic mass is 10.1. The molecule has 0 fully saturated rings. The van der Waals surface area contributed by atoms with Gasteiger partial charge in [-0.15, -0.1) is 11.3 Å². The first kappa shape index (κ1) is 21.6. The third-order valence-corrected chi connectivity index (χ3v) is 5.41. The molecule has 2 aromatic heterocycles. The summed E-state index contributed by atoms with van der Waals surface area (Å²) in [5.41, 5.74) is 3.33. The van der Waals surface area contributed by atoms with Crippen LogP contribution in [0.2, 0.25) is 0 Å². The first-order valence-electron chi connectivity index (χ1n) is 9.95. The highest BCUT2D eigenvalue weighted by Crippen LogP contribution is 2.23. The number of nitrogens with zero attached hydrogens (tertiary/aromatic N) is 3. The molecule has 2 amide bonds. The van der Waals surface area contributed by atoms with Crippen LogP contribution < -0.4 is 20.2 Å². The van der Waals surface area contributed by atoms with Crippen molar-refractivity contribution in [3.8, 4) is 17.0 Å². The standard InChI is InChI=1S/C22H27N5O2S/c1-3-24-21(28)25-11-4-14-27-20(18-5-7-19(29-2)8-6-18)16-30-22(27)26-15-17-9-12-23-13-10-17/h5-10,12-13,16H,3-4,11,14-15H2,1-2H3,(H2,24,25,28)/b26-22-. The molecule has 0 aliphatic carbocycles. The van der Waals surface area contributed by atoms with E-state index in [2.05, 4.69) is 37.7 Å². The lowest BCUT2D eigenvalue weighted by molar-refractivity contribution is 0.241. The highest BCUT2D eigenvalue weighted by molar-refractivity contribution is 7.07. The monoisotopic (exact) mass is 425 g/mol. The van der Waals surface area contributed by atoms with Gasteiger partial charge in [0.25, 0.3) is 0 Å². The maximum atomic E-state index is 11.6. The Morgan fingerprint density at radius 1 is 1.17 bits per heavy atom. The van der Waals surface area contributed by atoms with Crippen LogP contribution in [-0.4, -0.2) is 35.8 Å². The molecular formula is C22H27N5O2S. The molecule has 8 heteroatoms. The van der Waals surface area contributed by atoms with E-state index in [0.717, 1.165) is 40.3 Å². The van der Waals surface area contributed by atoms with Crippen molar-refractivity contribution in [1.82, 2.24) is 20.2 Å². The topological polar surface area (TPSA) is 80.5 Å². The van der Waals surface area contributed by atoms with E-state index in [9.17, 15) is 4.79 Å². The normalized spacial score (nSPS) is 11.3. The van der Waals surface area contributed by atoms with E-state index in [1.165, 1.54) is 0 Å². The number of ether oxygens (including phenoxy) is 1. The molecule has 7 nitrogen and oxygen atoms in total. The van der Waals surface area contributed by atoms with Crippen LogP contribution in [0.25, 0.3) is 11.3 Å². The predicted octanol–water partition coefficient (Wildman–Crippen LogP) is 3.43. The number of hydrogen-bond donors (Lipinski definition) is 2. The fourth-order valence-electron chi connectivity index (χ4n) is 2.97. The minimum Gasteiger partial charge on any atom is -0.497 e. The van der Waals surface area contributed by atoms with Gasteiger partial charge < -0.3 is 19.9 Å². The summed E-state index contributed by atoms with van der Waals surface area (Å²) in [5, 5.41) is 7.76. The summed E-state index contributed by atoms with van der Waals surface area (Å²) in [6, 6.07) is 11.8. The zero-order chi connectivity index (χ0) is 21.2. The van der Waals surface area contributed by atoms with Gasteiger partial charge in [-0.05, 0) is 60.9 Å². The second kappa shape index (κ2) is 11.2. The number of hydrogen-bond acceptors (Lipinski definition) is 5. The van der Waals surface area contributed by atoms with Gasteiger partial charge in [0, 0.05) is 37.4 Å². The number of nitrogens with one attached hydrogen (secondary N) is 2. The van der Waals surface area contributed by atoms with Crippen molar-refractivity contribution in [3.05, 3.63) is 64.5 Å². The zero-order valence-electron chi connectivity index (χ0n) is 17.3. The smallest absolute Gasteiger partial charge is 0.314 e. The summed E-state index contributed by atoms with van der Waals surface area (Å²) < 4.78 is 7.49. The average Bonchev–Trinajstić information content (AvgIpc) is 3.19. The Hall–Kier alpha value is -3.13. The number of carbonyl (C=O) groups excluding carboxylic acids is 1. The number of benzene rings is 1. The molecule has 0 saturated carbocycles. The number of rotatable bonds is 9. The zero-order valence-corrected chi connectivity index (χ0v) is 18.1. The summed E-state index contributed by atoms with van der Waals surface area (Å²) >= 11 is 1.62. The third-order valence-electron chi connectivity index (χ3n) is 4.51. The molecule has 0 saturated heterocycles. The van der Waals surface area contributed by atoms with Crippen LogP contribution in [0.4, 0.5) is 4.79 Å². The molecule has 158 valence electrons. The van der Waals surface area contributed by atoms with Gasteiger partial charge in [-0.1, -0.05) is 0 Å². The predicted molar refractivity (Wildman–Crippen MR) is 119 cm³/mol. The fraction of sp³-hybridized carbons (Fsp3) is 0.318. The summed E-state index contributed by atoms with van der Waals surface area (Å²) in [7, 11) is 1.66. The first-order chi connectivity index (χ1) is 14.7. The second-order valence-corrected chi connectivity index (χ2v) is 7.43. The molecule has 3 rings (SSSR count). The van der Waals surface area contributed by atoms with Crippen LogP contribution in [0.15, 0.2) is 59.2 Å². The van der Waals surface area contributed by atoms with Gasteiger partial charge in [0.1, 0.15) is 5.75 Å². The molecule has 1 aromatic carbocycles. The van der Waals surface area contributed by atoms with E-state index in [1.807, 2.05) is 31.2 Å².